The molecule has 0 amide bonds. The minimum Gasteiger partial charge on any atom is -0.397 e. The van der Waals surface area contributed by atoms with Gasteiger partial charge in [0.2, 0.25) is 0 Å². The summed E-state index contributed by atoms with van der Waals surface area (Å²) in [6, 6.07) is 70.2. The molecule has 0 saturated heterocycles. The molecule has 9 aromatic rings. The molecule has 0 bridgehead atoms. The van der Waals surface area contributed by atoms with Crippen LogP contribution in [0.3, 0.4) is 0 Å². The van der Waals surface area contributed by atoms with E-state index in [-0.39, 0.29) is 5.41 Å². The molecule has 0 saturated carbocycles. The van der Waals surface area contributed by atoms with Crippen LogP contribution in [0, 0.1) is 6.92 Å². The van der Waals surface area contributed by atoms with Crippen molar-refractivity contribution in [2.75, 3.05) is 11.1 Å². The van der Waals surface area contributed by atoms with E-state index >= 15 is 0 Å². The maximum absolute atomic E-state index is 5.81. The molecular formula is C52H38N2. The van der Waals surface area contributed by atoms with Gasteiger partial charge in [0.25, 0.3) is 0 Å². The Morgan fingerprint density at radius 1 is 0.389 bits per heavy atom. The van der Waals surface area contributed by atoms with Gasteiger partial charge in [0.15, 0.2) is 0 Å². The van der Waals surface area contributed by atoms with E-state index in [4.69, 9.17) is 5.73 Å². The summed E-state index contributed by atoms with van der Waals surface area (Å²) in [7, 11) is 0. The lowest BCUT2D eigenvalue weighted by Gasteiger charge is -2.30. The first kappa shape index (κ1) is 31.8. The highest BCUT2D eigenvalue weighted by molar-refractivity contribution is 6.03. The molecule has 256 valence electrons. The molecule has 0 aliphatic heterocycles. The maximum Gasteiger partial charge on any atom is 0.0725 e. The van der Waals surface area contributed by atoms with E-state index in [9.17, 15) is 0 Å². The molecule has 11 rings (SSSR count). The Morgan fingerprint density at radius 2 is 0.944 bits per heavy atom. The lowest BCUT2D eigenvalue weighted by molar-refractivity contribution is 0.796. The average Bonchev–Trinajstić information content (AvgIpc) is 3.66. The van der Waals surface area contributed by atoms with Crippen molar-refractivity contribution in [3.05, 3.63) is 222 Å². The first-order chi connectivity index (χ1) is 26.6. The Hall–Kier alpha value is -6.90. The van der Waals surface area contributed by atoms with Crippen molar-refractivity contribution >= 4 is 38.6 Å². The lowest BCUT2D eigenvalue weighted by Crippen LogP contribution is -2.25. The maximum atomic E-state index is 5.81. The molecule has 0 unspecified atom stereocenters. The number of hydrogen-bond acceptors (Lipinski definition) is 2. The Balaban J connectivity index is 0.000000218. The van der Waals surface area contributed by atoms with Crippen molar-refractivity contribution in [3.8, 4) is 33.4 Å². The highest BCUT2D eigenvalue weighted by Gasteiger charge is 2.51. The topological polar surface area (TPSA) is 38.0 Å². The molecule has 0 atom stereocenters. The third-order valence-electron chi connectivity index (χ3n) is 11.3. The molecule has 2 aliphatic carbocycles. The van der Waals surface area contributed by atoms with Crippen LogP contribution in [0.4, 0.5) is 17.1 Å². The number of nitrogens with two attached hydrogens (primary N) is 1. The fourth-order valence-electron chi connectivity index (χ4n) is 8.86. The van der Waals surface area contributed by atoms with Crippen LogP contribution in [-0.2, 0) is 5.41 Å². The summed E-state index contributed by atoms with van der Waals surface area (Å²) in [5.41, 5.74) is 23.0. The summed E-state index contributed by atoms with van der Waals surface area (Å²) in [6.45, 7) is 2.16. The van der Waals surface area contributed by atoms with Gasteiger partial charge in [-0.3, -0.25) is 0 Å². The molecule has 0 fully saturated rings. The summed E-state index contributed by atoms with van der Waals surface area (Å²) < 4.78 is 0. The van der Waals surface area contributed by atoms with Crippen molar-refractivity contribution in [2.24, 2.45) is 0 Å². The van der Waals surface area contributed by atoms with Crippen LogP contribution in [0.25, 0.3) is 54.9 Å². The second kappa shape index (κ2) is 12.6. The van der Waals surface area contributed by atoms with Crippen LogP contribution in [0.1, 0.15) is 27.8 Å². The normalized spacial score (nSPS) is 12.8. The Labute approximate surface area is 316 Å². The first-order valence-electron chi connectivity index (χ1n) is 18.6. The van der Waals surface area contributed by atoms with Gasteiger partial charge in [-0.1, -0.05) is 145 Å². The summed E-state index contributed by atoms with van der Waals surface area (Å²) >= 11 is 0. The number of benzene rings is 9. The lowest BCUT2D eigenvalue weighted by atomic mass is 9.70. The van der Waals surface area contributed by atoms with E-state index in [0.29, 0.717) is 0 Å². The van der Waals surface area contributed by atoms with E-state index < -0.39 is 0 Å². The molecule has 1 spiro atoms. The van der Waals surface area contributed by atoms with Gasteiger partial charge in [0, 0.05) is 5.69 Å². The van der Waals surface area contributed by atoms with Gasteiger partial charge in [0.1, 0.15) is 0 Å². The Morgan fingerprint density at radius 3 is 1.63 bits per heavy atom. The minimum atomic E-state index is -0.338. The molecule has 3 N–H and O–H groups in total. The summed E-state index contributed by atoms with van der Waals surface area (Å²) in [6.07, 6.45) is 0. The molecule has 2 heteroatoms. The van der Waals surface area contributed by atoms with Crippen molar-refractivity contribution in [1.29, 1.82) is 0 Å². The van der Waals surface area contributed by atoms with Gasteiger partial charge in [-0.05, 0) is 139 Å². The van der Waals surface area contributed by atoms with Gasteiger partial charge in [-0.15, -0.1) is 0 Å². The van der Waals surface area contributed by atoms with Crippen molar-refractivity contribution in [1.82, 2.24) is 0 Å². The number of fused-ring (bicyclic) bond motifs is 12. The fraction of sp³-hybridized carbons (Fsp3) is 0.0385. The molecule has 2 aliphatic rings. The zero-order valence-electron chi connectivity index (χ0n) is 30.1. The summed E-state index contributed by atoms with van der Waals surface area (Å²) in [5, 5.41) is 8.40. The number of para-hydroxylation sites is 3. The number of hydrogen-bond donors (Lipinski definition) is 2. The fourth-order valence-corrected chi connectivity index (χ4v) is 8.86. The van der Waals surface area contributed by atoms with Gasteiger partial charge in [-0.25, -0.2) is 0 Å². The zero-order chi connectivity index (χ0) is 36.2. The first-order valence-corrected chi connectivity index (χ1v) is 18.6. The largest absolute Gasteiger partial charge is 0.397 e. The second-order valence-electron chi connectivity index (χ2n) is 14.5. The van der Waals surface area contributed by atoms with E-state index in [1.807, 2.05) is 54.6 Å². The van der Waals surface area contributed by atoms with Gasteiger partial charge < -0.3 is 11.1 Å². The number of anilines is 3. The SMILES string of the molecule is Cc1cccc(-c2ccc3cc4c(cc3c2)C2(c3ccccc3-c3ccccc32)c2cc3ccccc3cc2-4)c1.Nc1ccccc1Nc1ccccc1. The van der Waals surface area contributed by atoms with Gasteiger partial charge >= 0.3 is 0 Å². The number of nitrogens with one attached hydrogen (secondary N) is 1. The molecule has 0 aromatic heterocycles. The minimum absolute atomic E-state index is 0.338. The highest BCUT2D eigenvalue weighted by atomic mass is 14.9. The van der Waals surface area contributed by atoms with Crippen molar-refractivity contribution in [2.45, 2.75) is 12.3 Å². The molecule has 9 aromatic carbocycles. The Bertz CT molecular complexity index is 2840. The number of nitrogen functional groups attached to an aromatic ring is 1. The quantitative estimate of drug-likeness (QED) is 0.181. The van der Waals surface area contributed by atoms with Crippen LogP contribution in [-0.4, -0.2) is 0 Å². The third-order valence-corrected chi connectivity index (χ3v) is 11.3. The number of rotatable bonds is 3. The third kappa shape index (κ3) is 5.03. The van der Waals surface area contributed by atoms with Crippen LogP contribution in [0.2, 0.25) is 0 Å². The van der Waals surface area contributed by atoms with E-state index in [2.05, 4.69) is 152 Å². The van der Waals surface area contributed by atoms with Crippen molar-refractivity contribution in [3.63, 3.8) is 0 Å². The van der Waals surface area contributed by atoms with E-state index in [1.54, 1.807) is 0 Å². The number of aryl methyl sites for hydroxylation is 1. The van der Waals surface area contributed by atoms with E-state index in [1.165, 1.54) is 82.7 Å². The van der Waals surface area contributed by atoms with Crippen LogP contribution in [0.15, 0.2) is 194 Å². The molecule has 0 radical (unpaired) electrons. The monoisotopic (exact) mass is 690 g/mol. The standard InChI is InChI=1S/C40H26.C12H12N2/c1-25-9-8-12-26(19-25)29-17-18-30-22-35-34-21-27-10-2-3-11-28(27)23-38(34)40(39(35)24-31(30)20-29)36-15-6-4-13-32(36)33-14-5-7-16-37(33)40;13-11-8-4-5-9-12(11)14-10-6-2-1-3-7-10/h2-24H,1H3;1-9,14H,13H2. The van der Waals surface area contributed by atoms with Crippen LogP contribution < -0.4 is 11.1 Å². The predicted molar refractivity (Wildman–Crippen MR) is 229 cm³/mol. The highest BCUT2D eigenvalue weighted by Crippen LogP contribution is 2.63. The molecule has 0 heterocycles. The zero-order valence-corrected chi connectivity index (χ0v) is 30.1. The second-order valence-corrected chi connectivity index (χ2v) is 14.5. The smallest absolute Gasteiger partial charge is 0.0725 e. The van der Waals surface area contributed by atoms with Crippen LogP contribution >= 0.6 is 0 Å². The van der Waals surface area contributed by atoms with Crippen LogP contribution in [0.5, 0.6) is 0 Å². The summed E-state index contributed by atoms with van der Waals surface area (Å²) in [5.74, 6) is 0. The average molecular weight is 691 g/mol. The van der Waals surface area contributed by atoms with Gasteiger partial charge in [-0.2, -0.15) is 0 Å². The van der Waals surface area contributed by atoms with Crippen molar-refractivity contribution < 1.29 is 0 Å². The molecule has 54 heavy (non-hydrogen) atoms. The van der Waals surface area contributed by atoms with Gasteiger partial charge in [0.05, 0.1) is 16.8 Å². The predicted octanol–water partition coefficient (Wildman–Crippen LogP) is 13.3. The Kier molecular flexibility index (Phi) is 7.45. The van der Waals surface area contributed by atoms with E-state index in [0.717, 1.165) is 17.1 Å². The molecule has 2 nitrogen and oxygen atoms in total. The summed E-state index contributed by atoms with van der Waals surface area (Å²) in [4.78, 5) is 0. The molecular weight excluding hydrogens is 653 g/mol.